The molecule has 6 nitrogen and oxygen atoms in total. The summed E-state index contributed by atoms with van der Waals surface area (Å²) in [6.07, 6.45) is 1.33. The van der Waals surface area contributed by atoms with Gasteiger partial charge in [-0.1, -0.05) is 30.3 Å². The van der Waals surface area contributed by atoms with Gasteiger partial charge in [0.1, 0.15) is 11.5 Å². The third-order valence-corrected chi connectivity index (χ3v) is 2.62. The Morgan fingerprint density at radius 3 is 2.57 bits per heavy atom. The van der Waals surface area contributed by atoms with E-state index in [9.17, 15) is 9.59 Å². The SMILES string of the molecule is Cc1ccc(C=NNC(=O)C(=O)NCc2ccccc2)o1. The minimum absolute atomic E-state index is 0.286. The molecule has 108 valence electrons. The number of carbonyl (C=O) groups excluding carboxylic acids is 2. The van der Waals surface area contributed by atoms with Gasteiger partial charge in [0, 0.05) is 6.54 Å². The lowest BCUT2D eigenvalue weighted by Gasteiger charge is -2.03. The summed E-state index contributed by atoms with van der Waals surface area (Å²) in [7, 11) is 0. The van der Waals surface area contributed by atoms with Crippen LogP contribution in [0.25, 0.3) is 0 Å². The number of hydrogen-bond acceptors (Lipinski definition) is 4. The average Bonchev–Trinajstić information content (AvgIpc) is 2.91. The molecule has 2 aromatic rings. The maximum absolute atomic E-state index is 11.5. The number of amides is 2. The standard InChI is InChI=1S/C15H15N3O3/c1-11-7-8-13(21-11)10-17-18-15(20)14(19)16-9-12-5-3-2-4-6-12/h2-8,10H,9H2,1H3,(H,16,19)(H,18,20). The molecule has 2 rings (SSSR count). The zero-order valence-corrected chi connectivity index (χ0v) is 11.5. The van der Waals surface area contributed by atoms with Crippen molar-refractivity contribution in [2.24, 2.45) is 5.10 Å². The molecule has 0 radical (unpaired) electrons. The predicted molar refractivity (Wildman–Crippen MR) is 77.5 cm³/mol. The Labute approximate surface area is 121 Å². The molecular weight excluding hydrogens is 270 g/mol. The third-order valence-electron chi connectivity index (χ3n) is 2.62. The summed E-state index contributed by atoms with van der Waals surface area (Å²) >= 11 is 0. The molecule has 0 aliphatic heterocycles. The van der Waals surface area contributed by atoms with E-state index < -0.39 is 11.8 Å². The van der Waals surface area contributed by atoms with Gasteiger partial charge < -0.3 is 9.73 Å². The van der Waals surface area contributed by atoms with Gasteiger partial charge >= 0.3 is 11.8 Å². The van der Waals surface area contributed by atoms with Crippen LogP contribution < -0.4 is 10.7 Å². The fraction of sp³-hybridized carbons (Fsp3) is 0.133. The second-order valence-corrected chi connectivity index (χ2v) is 4.32. The summed E-state index contributed by atoms with van der Waals surface area (Å²) in [6.45, 7) is 2.08. The first kappa shape index (κ1) is 14.5. The first-order valence-corrected chi connectivity index (χ1v) is 6.37. The molecule has 21 heavy (non-hydrogen) atoms. The van der Waals surface area contributed by atoms with E-state index in [0.717, 1.165) is 11.3 Å². The number of rotatable bonds is 4. The summed E-state index contributed by atoms with van der Waals surface area (Å²) in [6, 6.07) is 12.8. The van der Waals surface area contributed by atoms with E-state index in [-0.39, 0.29) is 6.54 Å². The number of carbonyl (C=O) groups is 2. The third kappa shape index (κ3) is 4.61. The van der Waals surface area contributed by atoms with Crippen molar-refractivity contribution in [3.05, 3.63) is 59.5 Å². The number of nitrogens with zero attached hydrogens (tertiary/aromatic N) is 1. The highest BCUT2D eigenvalue weighted by molar-refractivity contribution is 6.35. The molecule has 1 heterocycles. The van der Waals surface area contributed by atoms with Crippen LogP contribution in [0.1, 0.15) is 17.1 Å². The maximum Gasteiger partial charge on any atom is 0.329 e. The summed E-state index contributed by atoms with van der Waals surface area (Å²) in [5, 5.41) is 6.16. The van der Waals surface area contributed by atoms with Crippen LogP contribution in [0.3, 0.4) is 0 Å². The van der Waals surface area contributed by atoms with Crippen molar-refractivity contribution in [3.8, 4) is 0 Å². The van der Waals surface area contributed by atoms with Crippen molar-refractivity contribution in [3.63, 3.8) is 0 Å². The molecule has 1 aromatic carbocycles. The van der Waals surface area contributed by atoms with Gasteiger partial charge in [-0.25, -0.2) is 5.43 Å². The van der Waals surface area contributed by atoms with Crippen LogP contribution >= 0.6 is 0 Å². The van der Waals surface area contributed by atoms with Crippen LogP contribution in [0.4, 0.5) is 0 Å². The Morgan fingerprint density at radius 1 is 1.14 bits per heavy atom. The summed E-state index contributed by atoms with van der Waals surface area (Å²) in [4.78, 5) is 23.0. The number of benzene rings is 1. The zero-order valence-electron chi connectivity index (χ0n) is 11.5. The van der Waals surface area contributed by atoms with E-state index in [2.05, 4.69) is 15.8 Å². The van der Waals surface area contributed by atoms with Gasteiger partial charge in [-0.05, 0) is 24.6 Å². The Bertz CT molecular complexity index is 647. The zero-order chi connectivity index (χ0) is 15.1. The van der Waals surface area contributed by atoms with Gasteiger partial charge in [0.2, 0.25) is 0 Å². The maximum atomic E-state index is 11.5. The number of hydrazone groups is 1. The van der Waals surface area contributed by atoms with Crippen molar-refractivity contribution in [1.82, 2.24) is 10.7 Å². The summed E-state index contributed by atoms with van der Waals surface area (Å²) in [5.74, 6) is -0.335. The molecule has 0 bridgehead atoms. The molecule has 2 N–H and O–H groups in total. The molecule has 0 fully saturated rings. The molecule has 6 heteroatoms. The molecule has 2 amide bonds. The minimum Gasteiger partial charge on any atom is -0.460 e. The minimum atomic E-state index is -0.828. The van der Waals surface area contributed by atoms with Crippen LogP contribution in [-0.4, -0.2) is 18.0 Å². The average molecular weight is 285 g/mol. The largest absolute Gasteiger partial charge is 0.460 e. The molecule has 0 aliphatic carbocycles. The molecule has 0 unspecified atom stereocenters. The van der Waals surface area contributed by atoms with Gasteiger partial charge in [-0.2, -0.15) is 5.10 Å². The van der Waals surface area contributed by atoms with Crippen molar-refractivity contribution < 1.29 is 14.0 Å². The lowest BCUT2D eigenvalue weighted by atomic mass is 10.2. The van der Waals surface area contributed by atoms with Gasteiger partial charge in [0.05, 0.1) is 6.21 Å². The lowest BCUT2D eigenvalue weighted by Crippen LogP contribution is -2.37. The van der Waals surface area contributed by atoms with Crippen molar-refractivity contribution in [2.45, 2.75) is 13.5 Å². The van der Waals surface area contributed by atoms with Gasteiger partial charge in [0.25, 0.3) is 0 Å². The summed E-state index contributed by atoms with van der Waals surface area (Å²) in [5.41, 5.74) is 3.05. The molecule has 0 saturated heterocycles. The highest BCUT2D eigenvalue weighted by atomic mass is 16.3. The molecule has 0 saturated carbocycles. The number of nitrogens with one attached hydrogen (secondary N) is 2. The van der Waals surface area contributed by atoms with Crippen LogP contribution in [0, 0.1) is 6.92 Å². The van der Waals surface area contributed by atoms with Gasteiger partial charge in [-0.15, -0.1) is 0 Å². The van der Waals surface area contributed by atoms with E-state index in [0.29, 0.717) is 5.76 Å². The molecule has 1 aromatic heterocycles. The molecule has 0 atom stereocenters. The monoisotopic (exact) mass is 285 g/mol. The highest BCUT2D eigenvalue weighted by Crippen LogP contribution is 2.02. The van der Waals surface area contributed by atoms with Crippen LogP contribution in [0.5, 0.6) is 0 Å². The van der Waals surface area contributed by atoms with Crippen LogP contribution in [0.2, 0.25) is 0 Å². The Balaban J connectivity index is 1.77. The van der Waals surface area contributed by atoms with Crippen LogP contribution in [0.15, 0.2) is 52.0 Å². The van der Waals surface area contributed by atoms with Gasteiger partial charge in [-0.3, -0.25) is 9.59 Å². The van der Waals surface area contributed by atoms with Crippen LogP contribution in [-0.2, 0) is 16.1 Å². The molecule has 0 spiro atoms. The topological polar surface area (TPSA) is 83.7 Å². The van der Waals surface area contributed by atoms with Crippen molar-refractivity contribution >= 4 is 18.0 Å². The second-order valence-electron chi connectivity index (χ2n) is 4.32. The predicted octanol–water partition coefficient (Wildman–Crippen LogP) is 1.35. The number of hydrogen-bond donors (Lipinski definition) is 2. The van der Waals surface area contributed by atoms with Crippen molar-refractivity contribution in [2.75, 3.05) is 0 Å². The fourth-order valence-electron chi connectivity index (χ4n) is 1.59. The van der Waals surface area contributed by atoms with Gasteiger partial charge in [0.15, 0.2) is 0 Å². The quantitative estimate of drug-likeness (QED) is 0.505. The van der Waals surface area contributed by atoms with E-state index >= 15 is 0 Å². The van der Waals surface area contributed by atoms with E-state index in [1.165, 1.54) is 6.21 Å². The van der Waals surface area contributed by atoms with E-state index in [1.54, 1.807) is 19.1 Å². The first-order chi connectivity index (χ1) is 10.1. The normalized spacial score (nSPS) is 10.5. The van der Waals surface area contributed by atoms with E-state index in [4.69, 9.17) is 4.42 Å². The van der Waals surface area contributed by atoms with Crippen molar-refractivity contribution in [1.29, 1.82) is 0 Å². The lowest BCUT2D eigenvalue weighted by molar-refractivity contribution is -0.139. The molecule has 0 aliphatic rings. The highest BCUT2D eigenvalue weighted by Gasteiger charge is 2.11. The Hall–Kier alpha value is -2.89. The van der Waals surface area contributed by atoms with E-state index in [1.807, 2.05) is 30.3 Å². The fourth-order valence-corrected chi connectivity index (χ4v) is 1.59. The Kier molecular flexibility index (Phi) is 4.87. The number of furan rings is 1. The number of aryl methyl sites for hydroxylation is 1. The first-order valence-electron chi connectivity index (χ1n) is 6.37. The second kappa shape index (κ2) is 7.04. The summed E-state index contributed by atoms with van der Waals surface area (Å²) < 4.78 is 5.23. The smallest absolute Gasteiger partial charge is 0.329 e. The Morgan fingerprint density at radius 2 is 1.90 bits per heavy atom. The molecular formula is C15H15N3O3.